The maximum Gasteiger partial charge on any atom is 0.483 e. The molecular weight excluding hydrogens is 532 g/mol. The zero-order valence-corrected chi connectivity index (χ0v) is 21.2. The van der Waals surface area contributed by atoms with Gasteiger partial charge in [0.05, 0.1) is 24.4 Å². The number of phosphoric ester groups is 2. The molecule has 2 aliphatic heterocycles. The standard InChI is InChI=1S/C17H29N3O14P2/c1-7-5-20(16(25)19-14(7)24)10-4-8(21)9(31-10)6-30-35(26,27)34-36(28,29)33-15-12(23)11(22)13(18)17(2,3)32-15/h5,8-13,15,21-23H,4,6,18H2,1-3H3,(H,26,27)(H,28,29)(H,19,24,25)/t8-,9+,10+,11-,12+,13+,15-/m0/s1. The van der Waals surface area contributed by atoms with Gasteiger partial charge in [-0.2, -0.15) is 4.31 Å². The van der Waals surface area contributed by atoms with Gasteiger partial charge in [0.25, 0.3) is 5.56 Å². The Morgan fingerprint density at radius 2 is 1.83 bits per heavy atom. The highest BCUT2D eigenvalue weighted by molar-refractivity contribution is 7.61. The summed E-state index contributed by atoms with van der Waals surface area (Å²) in [5.41, 5.74) is 3.20. The van der Waals surface area contributed by atoms with E-state index in [9.17, 15) is 43.8 Å². The second-order valence-corrected chi connectivity index (χ2v) is 11.9. The van der Waals surface area contributed by atoms with E-state index in [-0.39, 0.29) is 12.0 Å². The molecule has 3 rings (SSSR count). The second kappa shape index (κ2) is 10.5. The van der Waals surface area contributed by atoms with Gasteiger partial charge in [-0.25, -0.2) is 13.9 Å². The number of aromatic nitrogens is 2. The van der Waals surface area contributed by atoms with Crippen LogP contribution in [0, 0.1) is 6.92 Å². The van der Waals surface area contributed by atoms with Crippen LogP contribution in [-0.2, 0) is 32.0 Å². The van der Waals surface area contributed by atoms with Gasteiger partial charge in [0.1, 0.15) is 24.5 Å². The van der Waals surface area contributed by atoms with E-state index in [0.717, 1.165) is 4.57 Å². The van der Waals surface area contributed by atoms with Crippen molar-refractivity contribution >= 4 is 15.6 Å². The summed E-state index contributed by atoms with van der Waals surface area (Å²) in [6, 6.07) is -1.09. The summed E-state index contributed by atoms with van der Waals surface area (Å²) < 4.78 is 49.7. The predicted octanol–water partition coefficient (Wildman–Crippen LogP) is -2.07. The van der Waals surface area contributed by atoms with Gasteiger partial charge in [0, 0.05) is 18.2 Å². The van der Waals surface area contributed by atoms with E-state index in [0.29, 0.717) is 0 Å². The van der Waals surface area contributed by atoms with Crippen LogP contribution in [0.1, 0.15) is 32.1 Å². The Morgan fingerprint density at radius 1 is 1.19 bits per heavy atom. The highest BCUT2D eigenvalue weighted by Crippen LogP contribution is 2.61. The van der Waals surface area contributed by atoms with Gasteiger partial charge in [-0.3, -0.25) is 23.4 Å². The summed E-state index contributed by atoms with van der Waals surface area (Å²) in [5.74, 6) is 0. The van der Waals surface area contributed by atoms with Crippen LogP contribution in [0.25, 0.3) is 0 Å². The number of nitrogens with one attached hydrogen (secondary N) is 1. The molecule has 2 saturated heterocycles. The van der Waals surface area contributed by atoms with Crippen LogP contribution in [0.3, 0.4) is 0 Å². The summed E-state index contributed by atoms with van der Waals surface area (Å²) in [6.07, 6.45) is -8.00. The molecule has 0 radical (unpaired) electrons. The topological polar surface area (TPSA) is 262 Å². The Bertz CT molecular complexity index is 1170. The van der Waals surface area contributed by atoms with E-state index < -0.39 is 82.1 Å². The average molecular weight is 561 g/mol. The van der Waals surface area contributed by atoms with Crippen molar-refractivity contribution in [1.82, 2.24) is 9.55 Å². The Balaban J connectivity index is 1.60. The van der Waals surface area contributed by atoms with Gasteiger partial charge < -0.3 is 40.3 Å². The molecule has 17 nitrogen and oxygen atoms in total. The Hall–Kier alpha value is -1.30. The number of aromatic amines is 1. The van der Waals surface area contributed by atoms with Crippen molar-refractivity contribution in [1.29, 1.82) is 0 Å². The molecule has 36 heavy (non-hydrogen) atoms. The van der Waals surface area contributed by atoms with Gasteiger partial charge in [0.15, 0.2) is 6.29 Å². The minimum Gasteiger partial charge on any atom is -0.390 e. The molecule has 1 aromatic rings. The number of ether oxygens (including phenoxy) is 2. The molecule has 0 amide bonds. The zero-order valence-electron chi connectivity index (χ0n) is 19.4. The monoisotopic (exact) mass is 561 g/mol. The fourth-order valence-corrected chi connectivity index (χ4v) is 5.78. The highest BCUT2D eigenvalue weighted by Gasteiger charge is 2.51. The SMILES string of the molecule is Cc1cn([C@H]2C[C@H](O)[C@@H](COP(=O)(O)OP(=O)(O)O[C@@H]3OC(C)(C)[C@H](N)[C@@H](O)[C@H]3O)O2)c(=O)[nH]c1=O. The van der Waals surface area contributed by atoms with Crippen LogP contribution < -0.4 is 17.0 Å². The molecule has 0 aromatic carbocycles. The summed E-state index contributed by atoms with van der Waals surface area (Å²) >= 11 is 0. The molecule has 0 spiro atoms. The summed E-state index contributed by atoms with van der Waals surface area (Å²) in [6.45, 7) is 3.46. The van der Waals surface area contributed by atoms with Gasteiger partial charge in [-0.05, 0) is 20.8 Å². The third-order valence-corrected chi connectivity index (χ3v) is 8.33. The Labute approximate surface area is 203 Å². The lowest BCUT2D eigenvalue weighted by molar-refractivity contribution is -0.273. The molecule has 0 bridgehead atoms. The highest BCUT2D eigenvalue weighted by atomic mass is 31.3. The first kappa shape index (κ1) is 29.3. The van der Waals surface area contributed by atoms with E-state index in [1.165, 1.54) is 27.0 Å². The predicted molar refractivity (Wildman–Crippen MR) is 117 cm³/mol. The van der Waals surface area contributed by atoms with Crippen LogP contribution >= 0.6 is 15.6 Å². The van der Waals surface area contributed by atoms with Crippen molar-refractivity contribution in [3.8, 4) is 0 Å². The number of nitrogens with two attached hydrogens (primary N) is 1. The third-order valence-electron chi connectivity index (χ3n) is 5.73. The minimum absolute atomic E-state index is 0.144. The van der Waals surface area contributed by atoms with Crippen molar-refractivity contribution < 1.29 is 57.1 Å². The number of hydrogen-bond donors (Lipinski definition) is 7. The second-order valence-electron chi connectivity index (χ2n) is 8.93. The minimum atomic E-state index is -5.43. The smallest absolute Gasteiger partial charge is 0.390 e. The summed E-state index contributed by atoms with van der Waals surface area (Å²) in [4.78, 5) is 45.4. The van der Waals surface area contributed by atoms with Crippen LogP contribution in [0.4, 0.5) is 0 Å². The van der Waals surface area contributed by atoms with Crippen LogP contribution in [0.15, 0.2) is 15.8 Å². The normalized spacial score (nSPS) is 35.8. The molecule has 0 saturated carbocycles. The summed E-state index contributed by atoms with van der Waals surface area (Å²) in [5, 5.41) is 30.2. The lowest BCUT2D eigenvalue weighted by atomic mass is 9.88. The van der Waals surface area contributed by atoms with Crippen LogP contribution in [-0.4, -0.2) is 83.6 Å². The van der Waals surface area contributed by atoms with Crippen molar-refractivity contribution in [2.75, 3.05) is 6.61 Å². The lowest BCUT2D eigenvalue weighted by Gasteiger charge is -2.45. The molecule has 3 heterocycles. The van der Waals surface area contributed by atoms with Crippen molar-refractivity contribution in [3.63, 3.8) is 0 Å². The molecule has 19 heteroatoms. The molecule has 0 aliphatic carbocycles. The molecule has 2 aliphatic rings. The van der Waals surface area contributed by atoms with Gasteiger partial charge in [-0.1, -0.05) is 0 Å². The van der Waals surface area contributed by atoms with E-state index in [1.807, 2.05) is 0 Å². The molecule has 9 atom stereocenters. The molecule has 2 fully saturated rings. The molecule has 1 aromatic heterocycles. The fraction of sp³-hybridized carbons (Fsp3) is 0.765. The number of aliphatic hydroxyl groups is 3. The first-order chi connectivity index (χ1) is 16.4. The third kappa shape index (κ3) is 6.57. The van der Waals surface area contributed by atoms with E-state index in [4.69, 9.17) is 15.2 Å². The number of aryl methyl sites for hydroxylation is 1. The first-order valence-corrected chi connectivity index (χ1v) is 13.6. The van der Waals surface area contributed by atoms with E-state index in [2.05, 4.69) is 18.3 Å². The lowest BCUT2D eigenvalue weighted by Crippen LogP contribution is -2.65. The number of rotatable bonds is 8. The number of H-pyrrole nitrogens is 1. The van der Waals surface area contributed by atoms with E-state index in [1.54, 1.807) is 0 Å². The quantitative estimate of drug-likeness (QED) is 0.168. The number of aliphatic hydroxyl groups excluding tert-OH is 3. The summed E-state index contributed by atoms with van der Waals surface area (Å²) in [7, 11) is -10.8. The zero-order chi connectivity index (χ0) is 27.2. The van der Waals surface area contributed by atoms with E-state index >= 15 is 0 Å². The molecule has 8 N–H and O–H groups in total. The van der Waals surface area contributed by atoms with Crippen LogP contribution in [0.5, 0.6) is 0 Å². The van der Waals surface area contributed by atoms with Gasteiger partial charge >= 0.3 is 21.3 Å². The largest absolute Gasteiger partial charge is 0.483 e. The maximum absolute atomic E-state index is 12.3. The number of phosphoric acid groups is 2. The Morgan fingerprint density at radius 3 is 2.47 bits per heavy atom. The number of hydrogen-bond acceptors (Lipinski definition) is 13. The molecule has 206 valence electrons. The molecular formula is C17H29N3O14P2. The van der Waals surface area contributed by atoms with Crippen molar-refractivity contribution in [2.45, 2.75) is 75.8 Å². The van der Waals surface area contributed by atoms with Crippen LogP contribution in [0.2, 0.25) is 0 Å². The fourth-order valence-electron chi connectivity index (χ4n) is 3.62. The van der Waals surface area contributed by atoms with Crippen molar-refractivity contribution in [3.05, 3.63) is 32.6 Å². The maximum atomic E-state index is 12.3. The van der Waals surface area contributed by atoms with Crippen molar-refractivity contribution in [2.24, 2.45) is 5.73 Å². The molecule has 2 unspecified atom stereocenters. The van der Waals surface area contributed by atoms with Gasteiger partial charge in [0.2, 0.25) is 0 Å². The average Bonchev–Trinajstić information content (AvgIpc) is 3.11. The first-order valence-electron chi connectivity index (χ1n) is 10.6. The number of nitrogens with zero attached hydrogens (tertiary/aromatic N) is 1. The van der Waals surface area contributed by atoms with Gasteiger partial charge in [-0.15, -0.1) is 0 Å². The Kier molecular flexibility index (Phi) is 8.50.